The fraction of sp³-hybridized carbons (Fsp3) is 0.429. The fourth-order valence-electron chi connectivity index (χ4n) is 3.58. The van der Waals surface area contributed by atoms with Gasteiger partial charge in [0.05, 0.1) is 32.1 Å². The van der Waals surface area contributed by atoms with E-state index in [1.165, 1.54) is 4.90 Å². The summed E-state index contributed by atoms with van der Waals surface area (Å²) < 4.78 is 50.5. The van der Waals surface area contributed by atoms with Gasteiger partial charge in [-0.15, -0.1) is 0 Å². The molecule has 9 heteroatoms. The normalized spacial score (nSPS) is 21.8. The van der Waals surface area contributed by atoms with Gasteiger partial charge in [-0.2, -0.15) is 0 Å². The second kappa shape index (κ2) is 8.53. The zero-order chi connectivity index (χ0) is 21.3. The molecule has 30 heavy (non-hydrogen) atoms. The van der Waals surface area contributed by atoms with Crippen molar-refractivity contribution >= 4 is 5.91 Å². The first-order valence-corrected chi connectivity index (χ1v) is 9.60. The summed E-state index contributed by atoms with van der Waals surface area (Å²) in [5, 5.41) is 0. The zero-order valence-corrected chi connectivity index (χ0v) is 16.6. The minimum Gasteiger partial charge on any atom is -0.491 e. The van der Waals surface area contributed by atoms with E-state index in [9.17, 15) is 13.6 Å². The second-order valence-electron chi connectivity index (χ2n) is 7.27. The number of fused-ring (bicyclic) bond motifs is 1. The number of carbonyl (C=O) groups is 1. The highest BCUT2D eigenvalue weighted by molar-refractivity contribution is 5.95. The van der Waals surface area contributed by atoms with Crippen LogP contribution >= 0.6 is 0 Å². The predicted octanol–water partition coefficient (Wildman–Crippen LogP) is 2.36. The fourth-order valence-corrected chi connectivity index (χ4v) is 3.58. The number of hydrogen-bond acceptors (Lipinski definition) is 6. The first-order chi connectivity index (χ1) is 14.5. The third kappa shape index (κ3) is 4.08. The lowest BCUT2D eigenvalue weighted by Crippen LogP contribution is -2.33. The van der Waals surface area contributed by atoms with Crippen molar-refractivity contribution in [2.45, 2.75) is 25.2 Å². The number of pyridine rings is 1. The Kier molecular flexibility index (Phi) is 5.83. The molecule has 2 saturated heterocycles. The van der Waals surface area contributed by atoms with Crippen molar-refractivity contribution < 1.29 is 32.5 Å². The van der Waals surface area contributed by atoms with Gasteiger partial charge in [0.1, 0.15) is 24.1 Å². The smallest absolute Gasteiger partial charge is 0.257 e. The van der Waals surface area contributed by atoms with Crippen LogP contribution in [0.4, 0.5) is 8.78 Å². The van der Waals surface area contributed by atoms with Gasteiger partial charge >= 0.3 is 0 Å². The van der Waals surface area contributed by atoms with E-state index in [0.717, 1.165) is 24.9 Å². The van der Waals surface area contributed by atoms with Gasteiger partial charge in [-0.25, -0.2) is 8.78 Å². The molecule has 2 aromatic rings. The minimum atomic E-state index is -1.02. The molecular formula is C21H22F2N2O5. The van der Waals surface area contributed by atoms with Gasteiger partial charge in [-0.05, 0) is 31.2 Å². The molecule has 1 aromatic carbocycles. The second-order valence-corrected chi connectivity index (χ2v) is 7.27. The molecule has 2 aliphatic heterocycles. The highest BCUT2D eigenvalue weighted by Gasteiger charge is 2.40. The number of nitrogens with zero attached hydrogens (tertiary/aromatic N) is 2. The minimum absolute atomic E-state index is 0.238. The number of halogens is 2. The maximum atomic E-state index is 14.5. The summed E-state index contributed by atoms with van der Waals surface area (Å²) in [5.74, 6) is -2.39. The van der Waals surface area contributed by atoms with Crippen LogP contribution in [0.2, 0.25) is 0 Å². The molecule has 0 radical (unpaired) electrons. The molecule has 2 atom stereocenters. The summed E-state index contributed by atoms with van der Waals surface area (Å²) >= 11 is 0. The number of aryl methyl sites for hydroxylation is 1. The third-order valence-electron chi connectivity index (χ3n) is 5.17. The Bertz CT molecular complexity index is 908. The Labute approximate surface area is 172 Å². The number of likely N-dealkylation sites (tertiary alicyclic amines) is 1. The van der Waals surface area contributed by atoms with Crippen LogP contribution < -0.4 is 9.47 Å². The van der Waals surface area contributed by atoms with E-state index < -0.39 is 23.3 Å². The monoisotopic (exact) mass is 420 g/mol. The molecule has 7 nitrogen and oxygen atoms in total. The Morgan fingerprint density at radius 3 is 2.43 bits per heavy atom. The number of benzene rings is 1. The van der Waals surface area contributed by atoms with Crippen molar-refractivity contribution in [3.63, 3.8) is 0 Å². The number of aromatic nitrogens is 1. The first-order valence-electron chi connectivity index (χ1n) is 9.60. The van der Waals surface area contributed by atoms with Gasteiger partial charge in [0.15, 0.2) is 17.4 Å². The lowest BCUT2D eigenvalue weighted by atomic mass is 10.1. The molecule has 1 amide bonds. The number of methoxy groups -OCH3 is 1. The molecule has 0 N–H and O–H groups in total. The Hall–Kier alpha value is -2.78. The van der Waals surface area contributed by atoms with Crippen molar-refractivity contribution in [2.24, 2.45) is 0 Å². The van der Waals surface area contributed by atoms with Gasteiger partial charge in [-0.3, -0.25) is 9.78 Å². The maximum Gasteiger partial charge on any atom is 0.257 e. The molecular weight excluding hydrogens is 398 g/mol. The lowest BCUT2D eigenvalue weighted by molar-refractivity contribution is -0.00461. The van der Waals surface area contributed by atoms with Crippen LogP contribution in [0.25, 0.3) is 0 Å². The molecule has 0 saturated carbocycles. The van der Waals surface area contributed by atoms with Crippen LogP contribution in [0, 0.1) is 18.6 Å². The molecule has 0 unspecified atom stereocenters. The van der Waals surface area contributed by atoms with E-state index in [4.69, 9.17) is 18.9 Å². The highest BCUT2D eigenvalue weighted by Crippen LogP contribution is 2.28. The van der Waals surface area contributed by atoms with Gasteiger partial charge < -0.3 is 23.8 Å². The average Bonchev–Trinajstić information content (AvgIpc) is 3.06. The third-order valence-corrected chi connectivity index (χ3v) is 5.17. The molecule has 1 aromatic heterocycles. The van der Waals surface area contributed by atoms with Crippen molar-refractivity contribution in [3.8, 4) is 11.5 Å². The molecule has 160 valence electrons. The van der Waals surface area contributed by atoms with Gasteiger partial charge in [0, 0.05) is 18.8 Å². The quantitative estimate of drug-likeness (QED) is 0.757. The summed E-state index contributed by atoms with van der Waals surface area (Å²) in [6, 6.07) is 5.82. The maximum absolute atomic E-state index is 14.5. The van der Waals surface area contributed by atoms with Crippen molar-refractivity contribution in [1.82, 2.24) is 9.88 Å². The van der Waals surface area contributed by atoms with Gasteiger partial charge in [0.2, 0.25) is 0 Å². The van der Waals surface area contributed by atoms with E-state index in [1.807, 2.05) is 19.1 Å². The lowest BCUT2D eigenvalue weighted by Gasteiger charge is -2.20. The van der Waals surface area contributed by atoms with Crippen LogP contribution in [0.1, 0.15) is 16.1 Å². The molecule has 4 rings (SSSR count). The van der Waals surface area contributed by atoms with E-state index in [-0.39, 0.29) is 50.2 Å². The molecule has 0 bridgehead atoms. The Morgan fingerprint density at radius 2 is 1.83 bits per heavy atom. The molecule has 3 heterocycles. The molecule has 2 aliphatic rings. The van der Waals surface area contributed by atoms with Crippen LogP contribution in [-0.4, -0.2) is 67.5 Å². The number of rotatable bonds is 4. The van der Waals surface area contributed by atoms with E-state index >= 15 is 0 Å². The number of amides is 1. The van der Waals surface area contributed by atoms with Crippen molar-refractivity contribution in [2.75, 3.05) is 33.4 Å². The van der Waals surface area contributed by atoms with Crippen LogP contribution in [-0.2, 0) is 9.47 Å². The standard InChI is InChI=1S/C21H22F2N2O5/c1-12-3-4-13(7-24-12)30-14-10-28-17-8-25(9-18(17)29-11-14)21(26)15-5-6-16(22)20(27-2)19(15)23/h3-7,14,17-18H,8-11H2,1-2H3/t17-,18-/m0/s1. The largest absolute Gasteiger partial charge is 0.491 e. The Morgan fingerprint density at radius 1 is 1.13 bits per heavy atom. The van der Waals surface area contributed by atoms with E-state index in [2.05, 4.69) is 4.98 Å². The first kappa shape index (κ1) is 20.5. The topological polar surface area (TPSA) is 70.1 Å². The van der Waals surface area contributed by atoms with Crippen LogP contribution in [0.3, 0.4) is 0 Å². The Balaban J connectivity index is 1.39. The summed E-state index contributed by atoms with van der Waals surface area (Å²) in [7, 11) is 1.15. The highest BCUT2D eigenvalue weighted by atomic mass is 19.1. The number of hydrogen-bond donors (Lipinski definition) is 0. The van der Waals surface area contributed by atoms with Crippen molar-refractivity contribution in [3.05, 3.63) is 53.4 Å². The summed E-state index contributed by atoms with van der Waals surface area (Å²) in [5.41, 5.74) is 0.642. The SMILES string of the molecule is COc1c(F)ccc(C(=O)N2C[C@@H]3OCC(Oc4ccc(C)nc4)CO[C@H]3C2)c1F. The van der Waals surface area contributed by atoms with Gasteiger partial charge in [-0.1, -0.05) is 0 Å². The van der Waals surface area contributed by atoms with E-state index in [1.54, 1.807) is 6.20 Å². The molecule has 0 spiro atoms. The van der Waals surface area contributed by atoms with Crippen LogP contribution in [0.5, 0.6) is 11.5 Å². The summed E-state index contributed by atoms with van der Waals surface area (Å²) in [6.07, 6.45) is 0.628. The van der Waals surface area contributed by atoms with Gasteiger partial charge in [0.25, 0.3) is 5.91 Å². The molecule has 2 fully saturated rings. The van der Waals surface area contributed by atoms with Crippen LogP contribution in [0.15, 0.2) is 30.5 Å². The zero-order valence-electron chi connectivity index (χ0n) is 16.6. The predicted molar refractivity (Wildman–Crippen MR) is 102 cm³/mol. The summed E-state index contributed by atoms with van der Waals surface area (Å²) in [6.45, 7) is 2.94. The number of carbonyl (C=O) groups excluding carboxylic acids is 1. The summed E-state index contributed by atoms with van der Waals surface area (Å²) in [4.78, 5) is 18.4. The van der Waals surface area contributed by atoms with E-state index in [0.29, 0.717) is 5.75 Å². The number of ether oxygens (including phenoxy) is 4. The van der Waals surface area contributed by atoms with Crippen molar-refractivity contribution in [1.29, 1.82) is 0 Å². The molecule has 0 aliphatic carbocycles. The average molecular weight is 420 g/mol.